The summed E-state index contributed by atoms with van der Waals surface area (Å²) in [5.74, 6) is -1.57. The van der Waals surface area contributed by atoms with Crippen molar-refractivity contribution < 1.29 is 24.2 Å². The molecule has 0 radical (unpaired) electrons. The van der Waals surface area contributed by atoms with E-state index in [1.54, 1.807) is 0 Å². The molecule has 0 atom stereocenters. The van der Waals surface area contributed by atoms with Crippen LogP contribution in [0.15, 0.2) is 66.9 Å². The molecule has 0 aliphatic heterocycles. The molecule has 9 heteroatoms. The number of aromatic nitrogens is 2. The van der Waals surface area contributed by atoms with Crippen LogP contribution in [0.3, 0.4) is 0 Å². The summed E-state index contributed by atoms with van der Waals surface area (Å²) >= 11 is 0. The van der Waals surface area contributed by atoms with Gasteiger partial charge in [-0.2, -0.15) is 5.10 Å². The zero-order valence-corrected chi connectivity index (χ0v) is 18.5. The molecule has 0 bridgehead atoms. The number of rotatable bonds is 8. The number of ether oxygens (including phenoxy) is 1. The van der Waals surface area contributed by atoms with Gasteiger partial charge in [0.05, 0.1) is 6.20 Å². The van der Waals surface area contributed by atoms with E-state index in [1.807, 2.05) is 36.4 Å². The van der Waals surface area contributed by atoms with Gasteiger partial charge in [0.25, 0.3) is 0 Å². The van der Waals surface area contributed by atoms with E-state index < -0.39 is 18.0 Å². The number of benzene rings is 2. The molecule has 0 unspecified atom stereocenters. The molecule has 0 saturated heterocycles. The molecule has 1 aliphatic rings. The second kappa shape index (κ2) is 10.0. The molecule has 2 aromatic carbocycles. The van der Waals surface area contributed by atoms with E-state index in [4.69, 9.17) is 4.74 Å². The first-order valence-corrected chi connectivity index (χ1v) is 10.7. The first-order chi connectivity index (χ1) is 16.5. The highest BCUT2D eigenvalue weighted by Gasteiger charge is 2.28. The molecule has 3 N–H and O–H groups in total. The number of hydrogen-bond acceptors (Lipinski definition) is 5. The van der Waals surface area contributed by atoms with E-state index in [1.165, 1.54) is 30.1 Å². The number of hydrogen-bond donors (Lipinski definition) is 3. The van der Waals surface area contributed by atoms with Gasteiger partial charge in [-0.1, -0.05) is 54.6 Å². The lowest BCUT2D eigenvalue weighted by atomic mass is 9.98. The summed E-state index contributed by atoms with van der Waals surface area (Å²) in [5, 5.41) is 18.3. The third-order valence-corrected chi connectivity index (χ3v) is 5.65. The molecule has 4 rings (SSSR count). The van der Waals surface area contributed by atoms with Gasteiger partial charge in [0.15, 0.2) is 5.69 Å². The molecule has 1 heterocycles. The number of carbonyl (C=O) groups is 3. The number of aryl methyl sites for hydroxylation is 1. The number of aromatic carboxylic acids is 1. The summed E-state index contributed by atoms with van der Waals surface area (Å²) in [6.07, 6.45) is 3.57. The monoisotopic (exact) mass is 460 g/mol. The van der Waals surface area contributed by atoms with Gasteiger partial charge in [0, 0.05) is 37.7 Å². The summed E-state index contributed by atoms with van der Waals surface area (Å²) in [6, 6.07) is 16.2. The lowest BCUT2D eigenvalue weighted by Gasteiger charge is -2.14. The first-order valence-electron chi connectivity index (χ1n) is 10.7. The van der Waals surface area contributed by atoms with E-state index in [0.717, 1.165) is 22.3 Å². The van der Waals surface area contributed by atoms with Crippen molar-refractivity contribution in [3.05, 3.63) is 89.3 Å². The third kappa shape index (κ3) is 4.83. The molecular formula is C25H24N4O5. The highest BCUT2D eigenvalue weighted by molar-refractivity contribution is 5.89. The Morgan fingerprint density at radius 1 is 1.06 bits per heavy atom. The number of amides is 2. The molecule has 174 valence electrons. The molecule has 9 nitrogen and oxygen atoms in total. The van der Waals surface area contributed by atoms with Crippen molar-refractivity contribution in [1.82, 2.24) is 20.4 Å². The van der Waals surface area contributed by atoms with Crippen LogP contribution in [0.25, 0.3) is 11.1 Å². The molecular weight excluding hydrogens is 436 g/mol. The Morgan fingerprint density at radius 2 is 1.71 bits per heavy atom. The molecule has 1 aromatic heterocycles. The van der Waals surface area contributed by atoms with Crippen LogP contribution in [-0.4, -0.2) is 46.0 Å². The van der Waals surface area contributed by atoms with E-state index >= 15 is 0 Å². The van der Waals surface area contributed by atoms with E-state index in [-0.39, 0.29) is 31.3 Å². The van der Waals surface area contributed by atoms with Gasteiger partial charge in [-0.05, 0) is 22.3 Å². The first kappa shape index (κ1) is 22.8. The third-order valence-electron chi connectivity index (χ3n) is 5.65. The van der Waals surface area contributed by atoms with Crippen LogP contribution in [0.4, 0.5) is 4.79 Å². The van der Waals surface area contributed by atoms with Crippen LogP contribution in [0.2, 0.25) is 0 Å². The standard InChI is InChI=1S/C25H24N4O5/c1-29-23(24(31)32)16(14-28-29)13-27-22(30)11-6-12-26-25(33)34-15-21-19-9-4-2-7-17(19)18-8-3-5-10-20(18)21/h2-11,14,21H,12-13,15H2,1H3,(H,26,33)(H,27,30)(H,31,32)/b11-6+. The average molecular weight is 460 g/mol. The zero-order chi connectivity index (χ0) is 24.1. The topological polar surface area (TPSA) is 123 Å². The van der Waals surface area contributed by atoms with Gasteiger partial charge >= 0.3 is 12.1 Å². The fourth-order valence-electron chi connectivity index (χ4n) is 4.09. The van der Waals surface area contributed by atoms with Crippen molar-refractivity contribution in [2.24, 2.45) is 7.05 Å². The van der Waals surface area contributed by atoms with Crippen molar-refractivity contribution in [3.63, 3.8) is 0 Å². The van der Waals surface area contributed by atoms with Crippen LogP contribution < -0.4 is 10.6 Å². The summed E-state index contributed by atoms with van der Waals surface area (Å²) in [4.78, 5) is 35.4. The van der Waals surface area contributed by atoms with Crippen molar-refractivity contribution in [2.45, 2.75) is 12.5 Å². The van der Waals surface area contributed by atoms with E-state index in [2.05, 4.69) is 27.9 Å². The molecule has 34 heavy (non-hydrogen) atoms. The quantitative estimate of drug-likeness (QED) is 0.444. The Labute approximate surface area is 196 Å². The van der Waals surface area contributed by atoms with Gasteiger partial charge in [-0.15, -0.1) is 0 Å². The fourth-order valence-corrected chi connectivity index (χ4v) is 4.09. The molecule has 0 saturated carbocycles. The minimum absolute atomic E-state index is 0.0150. The van der Waals surface area contributed by atoms with Crippen LogP contribution in [0.1, 0.15) is 33.1 Å². The zero-order valence-electron chi connectivity index (χ0n) is 18.5. The lowest BCUT2D eigenvalue weighted by Crippen LogP contribution is -2.27. The number of nitrogens with one attached hydrogen (secondary N) is 2. The summed E-state index contributed by atoms with van der Waals surface area (Å²) in [5.41, 5.74) is 4.99. The lowest BCUT2D eigenvalue weighted by molar-refractivity contribution is -0.116. The van der Waals surface area contributed by atoms with Gasteiger partial charge < -0.3 is 20.5 Å². The predicted octanol–water partition coefficient (Wildman–Crippen LogP) is 2.83. The van der Waals surface area contributed by atoms with Gasteiger partial charge in [-0.25, -0.2) is 9.59 Å². The number of nitrogens with zero attached hydrogens (tertiary/aromatic N) is 2. The summed E-state index contributed by atoms with van der Waals surface area (Å²) in [7, 11) is 1.52. The number of fused-ring (bicyclic) bond motifs is 3. The molecule has 1 aliphatic carbocycles. The van der Waals surface area contributed by atoms with Gasteiger partial charge in [0.1, 0.15) is 6.61 Å². The maximum Gasteiger partial charge on any atom is 0.407 e. The van der Waals surface area contributed by atoms with Gasteiger partial charge in [-0.3, -0.25) is 9.48 Å². The SMILES string of the molecule is Cn1ncc(CNC(=O)/C=C/CNC(=O)OCC2c3ccccc3-c3ccccc32)c1C(=O)O. The Kier molecular flexibility index (Phi) is 6.72. The maximum absolute atomic E-state index is 12.2. The second-order valence-electron chi connectivity index (χ2n) is 7.77. The maximum atomic E-state index is 12.2. The van der Waals surface area contributed by atoms with Crippen molar-refractivity contribution in [3.8, 4) is 11.1 Å². The smallest absolute Gasteiger partial charge is 0.407 e. The number of carboxylic acid groups (broad SMARTS) is 1. The fraction of sp³-hybridized carbons (Fsp3) is 0.200. The second-order valence-corrected chi connectivity index (χ2v) is 7.77. The van der Waals surface area contributed by atoms with E-state index in [9.17, 15) is 19.5 Å². The normalized spacial score (nSPS) is 12.3. The molecule has 0 spiro atoms. The number of carbonyl (C=O) groups excluding carboxylic acids is 2. The Hall–Kier alpha value is -4.40. The Bertz CT molecular complexity index is 1220. The summed E-state index contributed by atoms with van der Waals surface area (Å²) < 4.78 is 6.67. The average Bonchev–Trinajstić information content (AvgIpc) is 3.36. The minimum atomic E-state index is -1.12. The number of alkyl carbamates (subject to hydrolysis) is 1. The van der Waals surface area contributed by atoms with E-state index in [0.29, 0.717) is 5.56 Å². The highest BCUT2D eigenvalue weighted by Crippen LogP contribution is 2.44. The van der Waals surface area contributed by atoms with Crippen LogP contribution in [0.5, 0.6) is 0 Å². The van der Waals surface area contributed by atoms with Crippen LogP contribution in [0, 0.1) is 0 Å². The largest absolute Gasteiger partial charge is 0.477 e. The van der Waals surface area contributed by atoms with Crippen LogP contribution in [-0.2, 0) is 23.1 Å². The van der Waals surface area contributed by atoms with Crippen molar-refractivity contribution in [1.29, 1.82) is 0 Å². The molecule has 2 amide bonds. The minimum Gasteiger partial charge on any atom is -0.477 e. The van der Waals surface area contributed by atoms with Gasteiger partial charge in [0.2, 0.25) is 5.91 Å². The number of carboxylic acids is 1. The van der Waals surface area contributed by atoms with Crippen LogP contribution >= 0.6 is 0 Å². The van der Waals surface area contributed by atoms with Crippen molar-refractivity contribution in [2.75, 3.05) is 13.2 Å². The predicted molar refractivity (Wildman–Crippen MR) is 124 cm³/mol. The summed E-state index contributed by atoms with van der Waals surface area (Å²) in [6.45, 7) is 0.344. The highest BCUT2D eigenvalue weighted by atomic mass is 16.5. The molecule has 0 fully saturated rings. The molecule has 3 aromatic rings. The Morgan fingerprint density at radius 3 is 2.35 bits per heavy atom. The van der Waals surface area contributed by atoms with Crippen molar-refractivity contribution >= 4 is 18.0 Å². The Balaban J connectivity index is 1.23.